The number of pyridine rings is 1. The molecule has 0 amide bonds. The molecule has 4 heterocycles. The summed E-state index contributed by atoms with van der Waals surface area (Å²) in [5.74, 6) is -0.0511. The lowest BCUT2D eigenvalue weighted by Crippen LogP contribution is -2.68. The van der Waals surface area contributed by atoms with Gasteiger partial charge in [0.15, 0.2) is 11.3 Å². The Labute approximate surface area is 209 Å². The Balaban J connectivity index is 1.43. The molecule has 0 spiro atoms. The van der Waals surface area contributed by atoms with Gasteiger partial charge in [-0.15, -0.1) is 0 Å². The van der Waals surface area contributed by atoms with Gasteiger partial charge in [-0.1, -0.05) is 0 Å². The van der Waals surface area contributed by atoms with Crippen LogP contribution in [0, 0.1) is 5.41 Å². The van der Waals surface area contributed by atoms with Crippen LogP contribution in [0.2, 0.25) is 0 Å². The van der Waals surface area contributed by atoms with Crippen molar-refractivity contribution in [2.45, 2.75) is 62.4 Å². The molecule has 1 saturated heterocycles. The average molecular weight is 519 g/mol. The first kappa shape index (κ1) is 24.2. The van der Waals surface area contributed by atoms with Crippen LogP contribution in [0.3, 0.4) is 0 Å². The molecule has 2 bridgehead atoms. The van der Waals surface area contributed by atoms with E-state index in [-0.39, 0.29) is 42.3 Å². The van der Waals surface area contributed by atoms with Crippen molar-refractivity contribution in [2.75, 3.05) is 13.7 Å². The maximum Gasteiger partial charge on any atom is 0.295 e. The number of halogens is 4. The monoisotopic (exact) mass is 519 g/mol. The summed E-state index contributed by atoms with van der Waals surface area (Å²) in [6, 6.07) is 3.62. The number of methoxy groups -OCH3 is 1. The predicted molar refractivity (Wildman–Crippen MR) is 123 cm³/mol. The first-order valence-electron chi connectivity index (χ1n) is 12.1. The molecule has 4 aliphatic rings. The van der Waals surface area contributed by atoms with Gasteiger partial charge in [0.2, 0.25) is 12.3 Å². The van der Waals surface area contributed by atoms with Crippen molar-refractivity contribution in [1.82, 2.24) is 24.5 Å². The van der Waals surface area contributed by atoms with E-state index >= 15 is 0 Å². The van der Waals surface area contributed by atoms with Gasteiger partial charge in [-0.3, -0.25) is 9.36 Å². The van der Waals surface area contributed by atoms with Gasteiger partial charge < -0.3 is 9.47 Å². The van der Waals surface area contributed by atoms with Crippen molar-refractivity contribution in [3.63, 3.8) is 0 Å². The van der Waals surface area contributed by atoms with Crippen molar-refractivity contribution >= 4 is 11.0 Å². The number of rotatable bonds is 6. The summed E-state index contributed by atoms with van der Waals surface area (Å²) in [4.78, 5) is 30.7. The van der Waals surface area contributed by atoms with Crippen LogP contribution < -0.4 is 10.3 Å². The molecule has 3 saturated carbocycles. The minimum Gasteiger partial charge on any atom is -0.481 e. The predicted octanol–water partition coefficient (Wildman–Crippen LogP) is 4.39. The summed E-state index contributed by atoms with van der Waals surface area (Å²) in [7, 11) is 2.75. The number of ether oxygens (including phenoxy) is 2. The topological polar surface area (TPSA) is 92.0 Å². The van der Waals surface area contributed by atoms with Crippen LogP contribution in [-0.2, 0) is 17.2 Å². The smallest absolute Gasteiger partial charge is 0.295 e. The molecule has 3 aliphatic carbocycles. The van der Waals surface area contributed by atoms with Crippen LogP contribution in [0.5, 0.6) is 5.88 Å². The Hall–Kier alpha value is -3.15. The Bertz CT molecular complexity index is 1430. The van der Waals surface area contributed by atoms with E-state index in [1.807, 2.05) is 6.07 Å². The van der Waals surface area contributed by atoms with Crippen molar-refractivity contribution in [1.29, 1.82) is 0 Å². The molecule has 12 heteroatoms. The average Bonchev–Trinajstić information content (AvgIpc) is 2.84. The van der Waals surface area contributed by atoms with E-state index in [0.29, 0.717) is 36.8 Å². The van der Waals surface area contributed by atoms with Crippen LogP contribution in [-0.4, -0.2) is 44.6 Å². The molecular formula is C25H25F4N5O3. The number of fused-ring (bicyclic) bond motifs is 1. The molecule has 0 radical (unpaired) electrons. The fraction of sp³-hybridized carbons (Fsp3) is 0.560. The van der Waals surface area contributed by atoms with Gasteiger partial charge in [0.05, 0.1) is 18.9 Å². The lowest BCUT2D eigenvalue weighted by atomic mass is 9.34. The highest BCUT2D eigenvalue weighted by Crippen LogP contribution is 2.75. The maximum atomic E-state index is 13.7. The van der Waals surface area contributed by atoms with Gasteiger partial charge in [0.25, 0.3) is 12.0 Å². The van der Waals surface area contributed by atoms with Crippen molar-refractivity contribution < 1.29 is 27.0 Å². The van der Waals surface area contributed by atoms with E-state index in [0.717, 1.165) is 10.1 Å². The lowest BCUT2D eigenvalue weighted by molar-refractivity contribution is -0.222. The van der Waals surface area contributed by atoms with Gasteiger partial charge in [-0.05, 0) is 43.7 Å². The molecule has 37 heavy (non-hydrogen) atoms. The van der Waals surface area contributed by atoms with Crippen LogP contribution in [0.25, 0.3) is 11.0 Å². The molecule has 7 rings (SSSR count). The number of hydrogen-bond acceptors (Lipinski definition) is 7. The lowest BCUT2D eigenvalue weighted by Gasteiger charge is -2.69. The van der Waals surface area contributed by atoms with Crippen molar-refractivity contribution in [2.24, 2.45) is 12.5 Å². The molecule has 0 N–H and O–H groups in total. The summed E-state index contributed by atoms with van der Waals surface area (Å²) in [5.41, 5.74) is -1.33. The van der Waals surface area contributed by atoms with Crippen LogP contribution in [0.15, 0.2) is 23.1 Å². The number of hydrogen-bond donors (Lipinski definition) is 0. The van der Waals surface area contributed by atoms with E-state index in [4.69, 9.17) is 14.5 Å². The second-order valence-electron chi connectivity index (χ2n) is 10.4. The second-order valence-corrected chi connectivity index (χ2v) is 10.4. The SMILES string of the molecule is COc1cc([C@H]2C[C@@H](c3nc(C45CC(C(F)F)(C4)C5)c4nc(C(F)F)n(C)c(=O)c4n3)CCO2)ccn1. The Kier molecular flexibility index (Phi) is 5.52. The summed E-state index contributed by atoms with van der Waals surface area (Å²) >= 11 is 0. The Morgan fingerprint density at radius 3 is 2.57 bits per heavy atom. The van der Waals surface area contributed by atoms with Crippen LogP contribution in [0.1, 0.15) is 73.5 Å². The summed E-state index contributed by atoms with van der Waals surface area (Å²) in [6.07, 6.45) is -2.44. The fourth-order valence-electron chi connectivity index (χ4n) is 6.28. The third-order valence-corrected chi connectivity index (χ3v) is 8.20. The van der Waals surface area contributed by atoms with E-state index < -0.39 is 35.1 Å². The zero-order chi connectivity index (χ0) is 26.1. The summed E-state index contributed by atoms with van der Waals surface area (Å²) < 4.78 is 66.5. The molecule has 1 aliphatic heterocycles. The van der Waals surface area contributed by atoms with Gasteiger partial charge >= 0.3 is 0 Å². The second kappa shape index (κ2) is 8.44. The first-order valence-corrected chi connectivity index (χ1v) is 12.1. The van der Waals surface area contributed by atoms with E-state index in [9.17, 15) is 22.4 Å². The van der Waals surface area contributed by atoms with Crippen molar-refractivity contribution in [3.05, 3.63) is 51.6 Å². The number of aromatic nitrogens is 5. The normalized spacial score (nSPS) is 28.9. The highest BCUT2D eigenvalue weighted by Gasteiger charge is 2.73. The van der Waals surface area contributed by atoms with Gasteiger partial charge in [0.1, 0.15) is 11.3 Å². The van der Waals surface area contributed by atoms with E-state index in [1.165, 1.54) is 14.2 Å². The van der Waals surface area contributed by atoms with Gasteiger partial charge in [-0.2, -0.15) is 0 Å². The highest BCUT2D eigenvalue weighted by molar-refractivity contribution is 5.78. The summed E-state index contributed by atoms with van der Waals surface area (Å²) in [5, 5.41) is 0. The minimum atomic E-state index is -2.98. The van der Waals surface area contributed by atoms with E-state index in [1.54, 1.807) is 12.3 Å². The fourth-order valence-corrected chi connectivity index (χ4v) is 6.28. The maximum absolute atomic E-state index is 13.7. The molecule has 3 aromatic rings. The third kappa shape index (κ3) is 3.63. The molecule has 0 aromatic carbocycles. The third-order valence-electron chi connectivity index (χ3n) is 8.20. The largest absolute Gasteiger partial charge is 0.481 e. The first-order chi connectivity index (χ1) is 17.7. The zero-order valence-electron chi connectivity index (χ0n) is 20.3. The molecule has 2 atom stereocenters. The quantitative estimate of drug-likeness (QED) is 0.446. The number of alkyl halides is 4. The zero-order valence-corrected chi connectivity index (χ0v) is 20.3. The Morgan fingerprint density at radius 1 is 1.14 bits per heavy atom. The number of nitrogens with zero attached hydrogens (tertiary/aromatic N) is 5. The van der Waals surface area contributed by atoms with Gasteiger partial charge in [0, 0.05) is 42.7 Å². The van der Waals surface area contributed by atoms with Crippen molar-refractivity contribution in [3.8, 4) is 5.88 Å². The van der Waals surface area contributed by atoms with E-state index in [2.05, 4.69) is 15.0 Å². The summed E-state index contributed by atoms with van der Waals surface area (Å²) in [6.45, 7) is 0.414. The molecule has 8 nitrogen and oxygen atoms in total. The molecule has 3 aromatic heterocycles. The molecule has 0 unspecified atom stereocenters. The Morgan fingerprint density at radius 2 is 1.89 bits per heavy atom. The minimum absolute atomic E-state index is 0.00723. The van der Waals surface area contributed by atoms with Gasteiger partial charge in [-0.25, -0.2) is 37.5 Å². The highest BCUT2D eigenvalue weighted by atomic mass is 19.3. The standard InChI is InChI=1S/C25H25F4N5O3/c1-34-21(19(26)27)32-16-17(22(34)35)31-20(33-18(16)24-9-25(10-24,11-24)23(28)29)13-4-6-37-14(7-13)12-3-5-30-15(8-12)36-2/h3,5,8,13-14,19,23H,4,6-7,9-11H2,1-2H3/t13-,14+,24?,25?/m0/s1. The molecule has 4 fully saturated rings. The van der Waals surface area contributed by atoms with Crippen LogP contribution >= 0.6 is 0 Å². The molecular weight excluding hydrogens is 494 g/mol. The van der Waals surface area contributed by atoms with Crippen LogP contribution in [0.4, 0.5) is 17.6 Å². The molecule has 196 valence electrons.